The van der Waals surface area contributed by atoms with Gasteiger partial charge in [0.05, 0.1) is 5.92 Å². The van der Waals surface area contributed by atoms with Gasteiger partial charge < -0.3 is 14.4 Å². The van der Waals surface area contributed by atoms with Crippen LogP contribution in [0.2, 0.25) is 0 Å². The van der Waals surface area contributed by atoms with Gasteiger partial charge in [0.2, 0.25) is 17.5 Å². The molecule has 1 fully saturated rings. The van der Waals surface area contributed by atoms with Gasteiger partial charge in [0, 0.05) is 31.7 Å². The molecule has 4 rings (SSSR count). The molecular formula is C15H12N6O3. The minimum atomic E-state index is -0.396. The molecular weight excluding hydrogens is 312 g/mol. The van der Waals surface area contributed by atoms with Crippen LogP contribution in [0.3, 0.4) is 0 Å². The second kappa shape index (κ2) is 5.69. The number of aromatic amines is 1. The third-order valence-electron chi connectivity index (χ3n) is 3.77. The van der Waals surface area contributed by atoms with Gasteiger partial charge >= 0.3 is 0 Å². The van der Waals surface area contributed by atoms with Gasteiger partial charge in [-0.2, -0.15) is 4.98 Å². The predicted molar refractivity (Wildman–Crippen MR) is 81.0 cm³/mol. The summed E-state index contributed by atoms with van der Waals surface area (Å²) in [7, 11) is 0. The minimum Gasteiger partial charge on any atom is -0.338 e. The van der Waals surface area contributed by atoms with Gasteiger partial charge in [-0.15, -0.1) is 0 Å². The molecule has 0 saturated carbocycles. The zero-order valence-corrected chi connectivity index (χ0v) is 12.4. The molecule has 3 aromatic heterocycles. The number of rotatable bonds is 3. The van der Waals surface area contributed by atoms with E-state index in [1.54, 1.807) is 29.4 Å². The maximum absolute atomic E-state index is 12.3. The van der Waals surface area contributed by atoms with Crippen molar-refractivity contribution >= 4 is 5.91 Å². The predicted octanol–water partition coefficient (Wildman–Crippen LogP) is 0.454. The largest absolute Gasteiger partial charge is 0.338 e. The Morgan fingerprint density at radius 1 is 1.21 bits per heavy atom. The van der Waals surface area contributed by atoms with Gasteiger partial charge in [0.15, 0.2) is 0 Å². The third kappa shape index (κ3) is 2.45. The highest BCUT2D eigenvalue weighted by Crippen LogP contribution is 2.27. The Kier molecular flexibility index (Phi) is 3.38. The zero-order chi connectivity index (χ0) is 16.5. The van der Waals surface area contributed by atoms with Crippen molar-refractivity contribution in [3.05, 3.63) is 58.6 Å². The lowest BCUT2D eigenvalue weighted by atomic mass is 9.99. The fraction of sp³-hybridized carbons (Fsp3) is 0.200. The molecule has 9 heteroatoms. The maximum Gasteiger partial charge on any atom is 0.260 e. The highest BCUT2D eigenvalue weighted by atomic mass is 16.5. The van der Waals surface area contributed by atoms with E-state index in [0.29, 0.717) is 30.6 Å². The van der Waals surface area contributed by atoms with Crippen LogP contribution in [0.25, 0.3) is 11.6 Å². The highest BCUT2D eigenvalue weighted by Gasteiger charge is 2.36. The first-order chi connectivity index (χ1) is 11.7. The van der Waals surface area contributed by atoms with E-state index in [1.807, 2.05) is 0 Å². The summed E-state index contributed by atoms with van der Waals surface area (Å²) < 4.78 is 5.23. The van der Waals surface area contributed by atoms with Crippen LogP contribution in [0, 0.1) is 0 Å². The summed E-state index contributed by atoms with van der Waals surface area (Å²) in [5.74, 6) is 0.773. The number of H-pyrrole nitrogens is 1. The Balaban J connectivity index is 1.45. The molecule has 0 atom stereocenters. The Morgan fingerprint density at radius 3 is 2.75 bits per heavy atom. The van der Waals surface area contributed by atoms with Crippen molar-refractivity contribution in [1.29, 1.82) is 0 Å². The van der Waals surface area contributed by atoms with Crippen LogP contribution in [-0.2, 0) is 0 Å². The lowest BCUT2D eigenvalue weighted by Gasteiger charge is -2.36. The van der Waals surface area contributed by atoms with Crippen molar-refractivity contribution < 1.29 is 9.32 Å². The van der Waals surface area contributed by atoms with Crippen LogP contribution in [0.5, 0.6) is 0 Å². The molecule has 1 aliphatic heterocycles. The molecule has 0 radical (unpaired) electrons. The van der Waals surface area contributed by atoms with Crippen LogP contribution < -0.4 is 5.56 Å². The Hall–Kier alpha value is -3.36. The quantitative estimate of drug-likeness (QED) is 0.743. The first-order valence-electron chi connectivity index (χ1n) is 7.30. The number of carbonyl (C=O) groups excluding carboxylic acids is 1. The summed E-state index contributed by atoms with van der Waals surface area (Å²) in [4.78, 5) is 40.4. The zero-order valence-electron chi connectivity index (χ0n) is 12.4. The molecule has 9 nitrogen and oxygen atoms in total. The summed E-state index contributed by atoms with van der Waals surface area (Å²) in [5, 5.41) is 3.86. The normalized spacial score (nSPS) is 14.4. The second-order valence-electron chi connectivity index (χ2n) is 5.35. The number of pyridine rings is 1. The summed E-state index contributed by atoms with van der Waals surface area (Å²) >= 11 is 0. The van der Waals surface area contributed by atoms with E-state index in [2.05, 4.69) is 25.1 Å². The van der Waals surface area contributed by atoms with E-state index in [4.69, 9.17) is 4.52 Å². The number of amides is 1. The van der Waals surface area contributed by atoms with Crippen molar-refractivity contribution in [2.24, 2.45) is 0 Å². The fourth-order valence-electron chi connectivity index (χ4n) is 2.47. The van der Waals surface area contributed by atoms with Gasteiger partial charge in [-0.3, -0.25) is 9.59 Å². The van der Waals surface area contributed by atoms with Crippen molar-refractivity contribution in [3.8, 4) is 11.6 Å². The molecule has 1 aliphatic rings. The summed E-state index contributed by atoms with van der Waals surface area (Å²) in [6.07, 6.45) is 4.68. The van der Waals surface area contributed by atoms with Crippen molar-refractivity contribution in [1.82, 2.24) is 30.0 Å². The van der Waals surface area contributed by atoms with E-state index < -0.39 is 5.56 Å². The topological polar surface area (TPSA) is 118 Å². The van der Waals surface area contributed by atoms with Gasteiger partial charge in [-0.05, 0) is 18.2 Å². The summed E-state index contributed by atoms with van der Waals surface area (Å²) in [5.41, 5.74) is -0.271. The molecule has 0 bridgehead atoms. The molecule has 24 heavy (non-hydrogen) atoms. The molecule has 0 unspecified atom stereocenters. The van der Waals surface area contributed by atoms with Gasteiger partial charge in [-0.25, -0.2) is 9.97 Å². The van der Waals surface area contributed by atoms with E-state index in [0.717, 1.165) is 0 Å². The number of nitrogens with one attached hydrogen (secondary N) is 1. The summed E-state index contributed by atoms with van der Waals surface area (Å²) in [6, 6.07) is 4.83. The fourth-order valence-corrected chi connectivity index (χ4v) is 2.47. The number of hydrogen-bond donors (Lipinski definition) is 1. The lowest BCUT2D eigenvalue weighted by Crippen LogP contribution is -2.49. The Labute approximate surface area is 135 Å². The number of hydrogen-bond acceptors (Lipinski definition) is 7. The van der Waals surface area contributed by atoms with Crippen LogP contribution in [-0.4, -0.2) is 49.0 Å². The SMILES string of the molecule is O=C(c1ccc[nH]c1=O)N1CC(c2nc(-c3ncccn3)no2)C1. The lowest BCUT2D eigenvalue weighted by molar-refractivity contribution is 0.0567. The summed E-state index contributed by atoms with van der Waals surface area (Å²) in [6.45, 7) is 0.842. The number of likely N-dealkylation sites (tertiary alicyclic amines) is 1. The van der Waals surface area contributed by atoms with Crippen molar-refractivity contribution in [2.75, 3.05) is 13.1 Å². The molecule has 0 aromatic carbocycles. The average molecular weight is 324 g/mol. The number of carbonyl (C=O) groups is 1. The van der Waals surface area contributed by atoms with Crippen LogP contribution >= 0.6 is 0 Å². The van der Waals surface area contributed by atoms with Gasteiger partial charge in [0.1, 0.15) is 5.56 Å². The molecule has 1 N–H and O–H groups in total. The molecule has 0 aliphatic carbocycles. The molecule has 4 heterocycles. The molecule has 1 amide bonds. The first kappa shape index (κ1) is 14.2. The first-order valence-corrected chi connectivity index (χ1v) is 7.30. The van der Waals surface area contributed by atoms with E-state index in [-0.39, 0.29) is 17.4 Å². The molecule has 0 spiro atoms. The van der Waals surface area contributed by atoms with E-state index in [1.165, 1.54) is 12.3 Å². The minimum absolute atomic E-state index is 0.0540. The molecule has 1 saturated heterocycles. The smallest absolute Gasteiger partial charge is 0.260 e. The van der Waals surface area contributed by atoms with E-state index >= 15 is 0 Å². The highest BCUT2D eigenvalue weighted by molar-refractivity contribution is 5.94. The molecule has 120 valence electrons. The standard InChI is InChI=1S/C15H12N6O3/c22-13-10(3-1-4-18-13)15(23)21-7-9(8-21)14-19-12(20-24-14)11-16-5-2-6-17-11/h1-6,9H,7-8H2,(H,18,22). The monoisotopic (exact) mass is 324 g/mol. The number of nitrogens with zero attached hydrogens (tertiary/aromatic N) is 5. The van der Waals surface area contributed by atoms with Crippen molar-refractivity contribution in [2.45, 2.75) is 5.92 Å². The average Bonchev–Trinajstić information content (AvgIpc) is 3.04. The third-order valence-corrected chi connectivity index (χ3v) is 3.77. The second-order valence-corrected chi connectivity index (χ2v) is 5.35. The maximum atomic E-state index is 12.3. The van der Waals surface area contributed by atoms with E-state index in [9.17, 15) is 9.59 Å². The van der Waals surface area contributed by atoms with Crippen LogP contribution in [0.15, 0.2) is 46.1 Å². The Bertz CT molecular complexity index is 929. The molecule has 3 aromatic rings. The van der Waals surface area contributed by atoms with Crippen LogP contribution in [0.4, 0.5) is 0 Å². The van der Waals surface area contributed by atoms with Gasteiger partial charge in [0.25, 0.3) is 11.5 Å². The van der Waals surface area contributed by atoms with Gasteiger partial charge in [-0.1, -0.05) is 5.16 Å². The number of aromatic nitrogens is 5. The van der Waals surface area contributed by atoms with Crippen molar-refractivity contribution in [3.63, 3.8) is 0 Å². The Morgan fingerprint density at radius 2 is 2.00 bits per heavy atom. The van der Waals surface area contributed by atoms with Crippen LogP contribution in [0.1, 0.15) is 22.2 Å².